The average molecular weight is 675 g/mol. The van der Waals surface area contributed by atoms with E-state index in [1.165, 1.54) is 4.31 Å². The predicted octanol–water partition coefficient (Wildman–Crippen LogP) is 5.57. The van der Waals surface area contributed by atoms with Gasteiger partial charge in [0.25, 0.3) is 0 Å². The number of alkyl carbamates (subject to hydrolysis) is 1. The first kappa shape index (κ1) is 34.7. The molecule has 12 heteroatoms. The van der Waals surface area contributed by atoms with E-state index in [2.05, 4.69) is 12.2 Å². The normalized spacial score (nSPS) is 21.1. The highest BCUT2D eigenvalue weighted by atomic mass is 32.2. The fourth-order valence-corrected chi connectivity index (χ4v) is 8.93. The van der Waals surface area contributed by atoms with Crippen LogP contribution in [0.15, 0.2) is 64.1 Å². The number of aliphatic hydroxyl groups excluding tert-OH is 1. The molecule has 2 aliphatic rings. The number of rotatable bonds is 16. The summed E-state index contributed by atoms with van der Waals surface area (Å²) in [5.41, 5.74) is 2.45. The number of fused-ring (bicyclic) bond motifs is 2. The molecule has 2 saturated heterocycles. The minimum absolute atomic E-state index is 0.0174. The lowest BCUT2D eigenvalue weighted by Gasteiger charge is -2.35. The molecular weight excluding hydrogens is 629 g/mol. The van der Waals surface area contributed by atoms with Crippen LogP contribution in [0.3, 0.4) is 0 Å². The molecule has 2 N–H and O–H groups in total. The number of hydrogen-bond acceptors (Lipinski definition) is 9. The molecule has 3 aromatic rings. The Labute approximate surface area is 276 Å². The fraction of sp³-hybridized carbons (Fsp3) is 0.559. The van der Waals surface area contributed by atoms with Crippen molar-refractivity contribution in [1.82, 2.24) is 9.62 Å². The summed E-state index contributed by atoms with van der Waals surface area (Å²) in [6.45, 7) is 6.83. The lowest BCUT2D eigenvalue weighted by molar-refractivity contribution is -0.0907. The van der Waals surface area contributed by atoms with Crippen molar-refractivity contribution < 1.29 is 36.9 Å². The average Bonchev–Trinajstić information content (AvgIpc) is 3.77. The molecule has 1 aromatic heterocycles. The van der Waals surface area contributed by atoms with Gasteiger partial charge < -0.3 is 29.1 Å². The van der Waals surface area contributed by atoms with Crippen molar-refractivity contribution >= 4 is 38.8 Å². The summed E-state index contributed by atoms with van der Waals surface area (Å²) in [6, 6.07) is 13.5. The van der Waals surface area contributed by atoms with Gasteiger partial charge in [0.2, 0.25) is 10.0 Å². The third-order valence-electron chi connectivity index (χ3n) is 8.48. The molecule has 10 nitrogen and oxygen atoms in total. The van der Waals surface area contributed by atoms with E-state index in [1.54, 1.807) is 36.2 Å². The van der Waals surface area contributed by atoms with E-state index < -0.39 is 34.4 Å². The molecule has 0 radical (unpaired) electrons. The quantitative estimate of drug-likeness (QED) is 0.188. The summed E-state index contributed by atoms with van der Waals surface area (Å²) in [7, 11) is -4.09. The molecule has 1 amide bonds. The van der Waals surface area contributed by atoms with Crippen molar-refractivity contribution in [3.8, 4) is 0 Å². The molecule has 2 fully saturated rings. The Morgan fingerprint density at radius 1 is 1.17 bits per heavy atom. The third kappa shape index (κ3) is 8.45. The number of nitrogens with zero attached hydrogens (tertiary/aromatic N) is 1. The van der Waals surface area contributed by atoms with Gasteiger partial charge in [0.1, 0.15) is 11.7 Å². The number of sulfonamides is 1. The number of furan rings is 1. The standard InChI is InChI=1S/C34H46N2O8S2/c1-4-5-15-45-22-25-20-42-31-12-11-26(17-28(25)31)46(39,40)36(19-23(2)3)29(16-24-9-7-6-8-10-24)30(37)18-35-34(38)44-32-21-43-33-27(32)13-14-41-33/h6-12,17,20,23,27,29-30,32-33,37H,4-5,13-16,18-19,21-22H2,1-3H3,(H,35,38). The van der Waals surface area contributed by atoms with Crippen LogP contribution in [0.25, 0.3) is 11.0 Å². The van der Waals surface area contributed by atoms with E-state index in [-0.39, 0.29) is 49.1 Å². The van der Waals surface area contributed by atoms with Gasteiger partial charge in [-0.05, 0) is 54.7 Å². The summed E-state index contributed by atoms with van der Waals surface area (Å²) >= 11 is 1.80. The number of carbonyl (C=O) groups excluding carboxylic acids is 1. The fourth-order valence-electron chi connectivity index (χ4n) is 6.00. The Kier molecular flexibility index (Phi) is 12.1. The van der Waals surface area contributed by atoms with Crippen LogP contribution < -0.4 is 5.32 Å². The highest BCUT2D eigenvalue weighted by Crippen LogP contribution is 2.33. The highest BCUT2D eigenvalue weighted by molar-refractivity contribution is 7.98. The first-order valence-corrected chi connectivity index (χ1v) is 18.8. The van der Waals surface area contributed by atoms with Crippen molar-refractivity contribution in [1.29, 1.82) is 0 Å². The number of amides is 1. The maximum absolute atomic E-state index is 14.5. The minimum atomic E-state index is -4.09. The van der Waals surface area contributed by atoms with Crippen LogP contribution >= 0.6 is 11.8 Å². The molecule has 0 bridgehead atoms. The molecule has 252 valence electrons. The van der Waals surface area contributed by atoms with E-state index in [9.17, 15) is 18.3 Å². The molecule has 2 aromatic carbocycles. The second-order valence-electron chi connectivity index (χ2n) is 12.5. The van der Waals surface area contributed by atoms with Crippen molar-refractivity contribution in [2.24, 2.45) is 11.8 Å². The number of aliphatic hydroxyl groups is 1. The van der Waals surface area contributed by atoms with Crippen molar-refractivity contribution in [3.63, 3.8) is 0 Å². The van der Waals surface area contributed by atoms with Crippen LogP contribution in [0.4, 0.5) is 4.79 Å². The number of ether oxygens (including phenoxy) is 3. The number of carbonyl (C=O) groups is 1. The monoisotopic (exact) mass is 674 g/mol. The molecule has 46 heavy (non-hydrogen) atoms. The van der Waals surface area contributed by atoms with E-state index in [0.717, 1.165) is 47.3 Å². The first-order chi connectivity index (χ1) is 22.2. The minimum Gasteiger partial charge on any atom is -0.464 e. The van der Waals surface area contributed by atoms with Crippen LogP contribution in [-0.2, 0) is 36.4 Å². The van der Waals surface area contributed by atoms with Gasteiger partial charge in [-0.1, -0.05) is 57.5 Å². The Morgan fingerprint density at radius 3 is 2.74 bits per heavy atom. The van der Waals surface area contributed by atoms with Gasteiger partial charge in [0.05, 0.1) is 42.4 Å². The van der Waals surface area contributed by atoms with Gasteiger partial charge in [-0.25, -0.2) is 13.2 Å². The zero-order chi connectivity index (χ0) is 32.7. The van der Waals surface area contributed by atoms with Gasteiger partial charge in [-0.2, -0.15) is 16.1 Å². The molecule has 3 heterocycles. The van der Waals surface area contributed by atoms with E-state index in [4.69, 9.17) is 18.6 Å². The third-order valence-corrected chi connectivity index (χ3v) is 11.5. The molecule has 5 atom stereocenters. The summed E-state index contributed by atoms with van der Waals surface area (Å²) in [5, 5.41) is 15.0. The lowest BCUT2D eigenvalue weighted by Crippen LogP contribution is -2.53. The van der Waals surface area contributed by atoms with Crippen LogP contribution in [0.1, 0.15) is 51.2 Å². The SMILES string of the molecule is CCCCSCc1coc2ccc(S(=O)(=O)N(CC(C)C)C(Cc3ccccc3)C(O)CNC(=O)OC3COC4OCCC34)cc12. The van der Waals surface area contributed by atoms with Crippen molar-refractivity contribution in [3.05, 3.63) is 65.9 Å². The Bertz CT molecular complexity index is 1530. The van der Waals surface area contributed by atoms with E-state index in [0.29, 0.717) is 12.2 Å². The van der Waals surface area contributed by atoms with Crippen LogP contribution in [0.5, 0.6) is 0 Å². The number of hydrogen-bond donors (Lipinski definition) is 2. The molecule has 0 spiro atoms. The summed E-state index contributed by atoms with van der Waals surface area (Å²) in [6.07, 6.45) is 2.22. The Hall–Kier alpha value is -2.61. The van der Waals surface area contributed by atoms with Gasteiger partial charge in [0, 0.05) is 29.8 Å². The van der Waals surface area contributed by atoms with Crippen LogP contribution in [0.2, 0.25) is 0 Å². The second-order valence-corrected chi connectivity index (χ2v) is 15.5. The summed E-state index contributed by atoms with van der Waals surface area (Å²) < 4.78 is 52.8. The second kappa shape index (κ2) is 16.0. The van der Waals surface area contributed by atoms with Gasteiger partial charge in [0.15, 0.2) is 6.29 Å². The van der Waals surface area contributed by atoms with Crippen LogP contribution in [0, 0.1) is 11.8 Å². The number of nitrogens with one attached hydrogen (secondary N) is 1. The molecule has 0 saturated carbocycles. The Balaban J connectivity index is 1.38. The highest BCUT2D eigenvalue weighted by Gasteiger charge is 2.44. The lowest BCUT2D eigenvalue weighted by atomic mass is 10.0. The first-order valence-electron chi connectivity index (χ1n) is 16.2. The zero-order valence-electron chi connectivity index (χ0n) is 26.8. The topological polar surface area (TPSA) is 128 Å². The molecule has 2 aliphatic heterocycles. The van der Waals surface area contributed by atoms with Gasteiger partial charge >= 0.3 is 6.09 Å². The van der Waals surface area contributed by atoms with E-state index >= 15 is 0 Å². The van der Waals surface area contributed by atoms with Gasteiger partial charge in [-0.3, -0.25) is 0 Å². The Morgan fingerprint density at radius 2 is 1.98 bits per heavy atom. The van der Waals surface area contributed by atoms with Gasteiger partial charge in [-0.15, -0.1) is 0 Å². The number of unbranched alkanes of at least 4 members (excludes halogenated alkanes) is 1. The number of benzene rings is 2. The molecule has 0 aliphatic carbocycles. The summed E-state index contributed by atoms with van der Waals surface area (Å²) in [4.78, 5) is 12.9. The zero-order valence-corrected chi connectivity index (χ0v) is 28.4. The van der Waals surface area contributed by atoms with E-state index in [1.807, 2.05) is 44.2 Å². The van der Waals surface area contributed by atoms with Crippen LogP contribution in [-0.4, -0.2) is 80.5 Å². The number of thioether (sulfide) groups is 1. The maximum Gasteiger partial charge on any atom is 0.407 e. The smallest absolute Gasteiger partial charge is 0.407 e. The summed E-state index contributed by atoms with van der Waals surface area (Å²) in [5.74, 6) is 1.69. The molecular formula is C34H46N2O8S2. The largest absolute Gasteiger partial charge is 0.464 e. The molecule has 5 unspecified atom stereocenters. The molecule has 5 rings (SSSR count). The van der Waals surface area contributed by atoms with Crippen molar-refractivity contribution in [2.75, 3.05) is 32.1 Å². The van der Waals surface area contributed by atoms with Crippen molar-refractivity contribution in [2.45, 2.75) is 81.6 Å². The maximum atomic E-state index is 14.5. The predicted molar refractivity (Wildman–Crippen MR) is 178 cm³/mol.